The first kappa shape index (κ1) is 23.1. The molecule has 0 aliphatic heterocycles. The summed E-state index contributed by atoms with van der Waals surface area (Å²) in [5, 5.41) is 9.73. The molecule has 168 valence electrons. The third kappa shape index (κ3) is 5.56. The summed E-state index contributed by atoms with van der Waals surface area (Å²) >= 11 is 0. The minimum absolute atomic E-state index is 0.0396. The van der Waals surface area contributed by atoms with E-state index >= 15 is 0 Å². The van der Waals surface area contributed by atoms with Gasteiger partial charge >= 0.3 is 0 Å². The average Bonchev–Trinajstić information content (AvgIpc) is 3.26. The first-order chi connectivity index (χ1) is 15.2. The molecule has 10 nitrogen and oxygen atoms in total. The molecule has 0 radical (unpaired) electrons. The summed E-state index contributed by atoms with van der Waals surface area (Å²) in [7, 11) is -2.16. The third-order valence-corrected chi connectivity index (χ3v) is 5.83. The molecular weight excluding hydrogens is 432 g/mol. The van der Waals surface area contributed by atoms with Crippen LogP contribution in [0.15, 0.2) is 59.8 Å². The molecule has 3 rings (SSSR count). The summed E-state index contributed by atoms with van der Waals surface area (Å²) < 4.78 is 27.5. The lowest BCUT2D eigenvalue weighted by Crippen LogP contribution is -2.31. The predicted molar refractivity (Wildman–Crippen MR) is 118 cm³/mol. The fraction of sp³-hybridized carbons (Fsp3) is 0.238. The smallest absolute Gasteiger partial charge is 0.270 e. The molecule has 0 fully saturated rings. The molecule has 1 aromatic carbocycles. The molecule has 11 heteroatoms. The van der Waals surface area contributed by atoms with Crippen LogP contribution in [0, 0.1) is 0 Å². The number of pyridine rings is 1. The van der Waals surface area contributed by atoms with Crippen molar-refractivity contribution in [3.63, 3.8) is 0 Å². The first-order valence-corrected chi connectivity index (χ1v) is 11.3. The number of aromatic nitrogens is 3. The molecule has 3 aromatic rings. The average molecular weight is 457 g/mol. The Morgan fingerprint density at radius 2 is 1.69 bits per heavy atom. The van der Waals surface area contributed by atoms with Crippen molar-refractivity contribution in [3.05, 3.63) is 71.8 Å². The lowest BCUT2D eigenvalue weighted by atomic mass is 10.2. The molecule has 0 unspecified atom stereocenters. The minimum atomic E-state index is -3.51. The van der Waals surface area contributed by atoms with E-state index in [1.54, 1.807) is 41.3 Å². The maximum Gasteiger partial charge on any atom is 0.270 e. The number of hydrogen-bond acceptors (Lipinski definition) is 6. The standard InChI is InChI=1S/C21H24N6O4S/c1-14(2)25-21(29)19-6-4-5-18(26-19)20(28)23-11-15-12-24-27(13-15)16-7-9-17(10-8-16)32(30,31)22-3/h4-10,12-14,22H,11H2,1-3H3,(H,23,28)(H,25,29). The first-order valence-electron chi connectivity index (χ1n) is 9.83. The molecule has 0 atom stereocenters. The molecular formula is C21H24N6O4S. The van der Waals surface area contributed by atoms with E-state index in [1.165, 1.54) is 25.2 Å². The number of hydrogen-bond donors (Lipinski definition) is 3. The molecule has 3 N–H and O–H groups in total. The second-order valence-electron chi connectivity index (χ2n) is 7.21. The van der Waals surface area contributed by atoms with Gasteiger partial charge in [0, 0.05) is 24.3 Å². The van der Waals surface area contributed by atoms with Crippen LogP contribution in [0.25, 0.3) is 5.69 Å². The zero-order chi connectivity index (χ0) is 23.3. The number of nitrogens with zero attached hydrogens (tertiary/aromatic N) is 3. The van der Waals surface area contributed by atoms with Crippen molar-refractivity contribution < 1.29 is 18.0 Å². The highest BCUT2D eigenvalue weighted by atomic mass is 32.2. The van der Waals surface area contributed by atoms with Crippen LogP contribution < -0.4 is 15.4 Å². The van der Waals surface area contributed by atoms with Gasteiger partial charge in [-0.2, -0.15) is 5.10 Å². The fourth-order valence-electron chi connectivity index (χ4n) is 2.79. The molecule has 2 amide bonds. The van der Waals surface area contributed by atoms with Crippen LogP contribution in [0.5, 0.6) is 0 Å². The van der Waals surface area contributed by atoms with Crippen molar-refractivity contribution in [3.8, 4) is 5.69 Å². The van der Waals surface area contributed by atoms with Gasteiger partial charge in [0.2, 0.25) is 10.0 Å². The summed E-state index contributed by atoms with van der Waals surface area (Å²) in [5.74, 6) is -0.761. The normalized spacial score (nSPS) is 11.4. The Balaban J connectivity index is 1.64. The Bertz CT molecular complexity index is 1220. The maximum absolute atomic E-state index is 12.5. The van der Waals surface area contributed by atoms with Crippen LogP contribution in [0.4, 0.5) is 0 Å². The second kappa shape index (κ2) is 9.71. The molecule has 0 spiro atoms. The molecule has 0 aliphatic rings. The van der Waals surface area contributed by atoms with Gasteiger partial charge < -0.3 is 10.6 Å². The number of sulfonamides is 1. The van der Waals surface area contributed by atoms with Crippen molar-refractivity contribution in [2.24, 2.45) is 0 Å². The number of nitrogens with one attached hydrogen (secondary N) is 3. The van der Waals surface area contributed by atoms with Crippen LogP contribution in [0.1, 0.15) is 40.4 Å². The van der Waals surface area contributed by atoms with E-state index < -0.39 is 15.9 Å². The maximum atomic E-state index is 12.5. The Morgan fingerprint density at radius 3 is 2.31 bits per heavy atom. The molecule has 2 heterocycles. The SMILES string of the molecule is CNS(=O)(=O)c1ccc(-n2cc(CNC(=O)c3cccc(C(=O)NC(C)C)n3)cn2)cc1. The van der Waals surface area contributed by atoms with Gasteiger partial charge in [-0.25, -0.2) is 22.8 Å². The van der Waals surface area contributed by atoms with Crippen molar-refractivity contribution in [2.75, 3.05) is 7.05 Å². The van der Waals surface area contributed by atoms with E-state index in [0.717, 1.165) is 5.56 Å². The Hall–Kier alpha value is -3.57. The van der Waals surface area contributed by atoms with Gasteiger partial charge in [0.15, 0.2) is 0 Å². The van der Waals surface area contributed by atoms with E-state index in [9.17, 15) is 18.0 Å². The lowest BCUT2D eigenvalue weighted by Gasteiger charge is -2.09. The topological polar surface area (TPSA) is 135 Å². The highest BCUT2D eigenvalue weighted by molar-refractivity contribution is 7.89. The summed E-state index contributed by atoms with van der Waals surface area (Å²) in [6.45, 7) is 3.88. The Morgan fingerprint density at radius 1 is 1.03 bits per heavy atom. The number of carbonyl (C=O) groups is 2. The van der Waals surface area contributed by atoms with Crippen molar-refractivity contribution in [1.82, 2.24) is 30.1 Å². The number of amides is 2. The van der Waals surface area contributed by atoms with Crippen molar-refractivity contribution in [2.45, 2.75) is 31.3 Å². The summed E-state index contributed by atoms with van der Waals surface area (Å²) in [4.78, 5) is 28.8. The van der Waals surface area contributed by atoms with E-state index in [1.807, 2.05) is 13.8 Å². The van der Waals surface area contributed by atoms with E-state index in [4.69, 9.17) is 0 Å². The van der Waals surface area contributed by atoms with Gasteiger partial charge in [-0.3, -0.25) is 9.59 Å². The summed E-state index contributed by atoms with van der Waals surface area (Å²) in [6.07, 6.45) is 3.32. The van der Waals surface area contributed by atoms with Crippen LogP contribution >= 0.6 is 0 Å². The predicted octanol–water partition coefficient (Wildman–Crippen LogP) is 1.24. The van der Waals surface area contributed by atoms with Crippen LogP contribution in [-0.4, -0.2) is 48.1 Å². The molecule has 0 aliphatic carbocycles. The van der Waals surface area contributed by atoms with Crippen LogP contribution in [0.3, 0.4) is 0 Å². The van der Waals surface area contributed by atoms with Crippen molar-refractivity contribution >= 4 is 21.8 Å². The van der Waals surface area contributed by atoms with Crippen LogP contribution in [-0.2, 0) is 16.6 Å². The zero-order valence-corrected chi connectivity index (χ0v) is 18.7. The fourth-order valence-corrected chi connectivity index (χ4v) is 3.52. The van der Waals surface area contributed by atoms with Crippen LogP contribution in [0.2, 0.25) is 0 Å². The second-order valence-corrected chi connectivity index (χ2v) is 9.10. The van der Waals surface area contributed by atoms with E-state index in [0.29, 0.717) is 5.69 Å². The molecule has 0 saturated heterocycles. The van der Waals surface area contributed by atoms with E-state index in [-0.39, 0.29) is 34.8 Å². The number of carbonyl (C=O) groups excluding carboxylic acids is 2. The molecule has 2 aromatic heterocycles. The van der Waals surface area contributed by atoms with Gasteiger partial charge in [0.1, 0.15) is 11.4 Å². The Labute approximate surface area is 186 Å². The zero-order valence-electron chi connectivity index (χ0n) is 17.9. The highest BCUT2D eigenvalue weighted by Gasteiger charge is 2.14. The molecule has 0 bridgehead atoms. The van der Waals surface area contributed by atoms with Gasteiger partial charge in [-0.15, -0.1) is 0 Å². The molecule has 32 heavy (non-hydrogen) atoms. The van der Waals surface area contributed by atoms with E-state index in [2.05, 4.69) is 25.4 Å². The monoisotopic (exact) mass is 456 g/mol. The summed E-state index contributed by atoms with van der Waals surface area (Å²) in [6, 6.07) is 10.9. The highest BCUT2D eigenvalue weighted by Crippen LogP contribution is 2.14. The number of rotatable bonds is 8. The number of benzene rings is 1. The lowest BCUT2D eigenvalue weighted by molar-refractivity contribution is 0.0936. The van der Waals surface area contributed by atoms with Gasteiger partial charge in [-0.1, -0.05) is 6.07 Å². The summed E-state index contributed by atoms with van der Waals surface area (Å²) in [5.41, 5.74) is 1.71. The molecule has 0 saturated carbocycles. The van der Waals surface area contributed by atoms with Crippen molar-refractivity contribution in [1.29, 1.82) is 0 Å². The van der Waals surface area contributed by atoms with Gasteiger partial charge in [0.05, 0.1) is 16.8 Å². The Kier molecular flexibility index (Phi) is 7.01. The largest absolute Gasteiger partial charge is 0.349 e. The quantitative estimate of drug-likeness (QED) is 0.467. The van der Waals surface area contributed by atoms with Gasteiger partial charge in [0.25, 0.3) is 11.8 Å². The third-order valence-electron chi connectivity index (χ3n) is 4.40. The minimum Gasteiger partial charge on any atom is -0.349 e. The van der Waals surface area contributed by atoms with Gasteiger partial charge in [-0.05, 0) is 57.3 Å².